The summed E-state index contributed by atoms with van der Waals surface area (Å²) in [6, 6.07) is 25.1. The SMILES string of the molecule is OC1(c2ccccc2)Oc2ccccc2-c2ccccc21. The lowest BCUT2D eigenvalue weighted by Gasteiger charge is -2.36. The van der Waals surface area contributed by atoms with Crippen molar-refractivity contribution in [3.63, 3.8) is 0 Å². The van der Waals surface area contributed by atoms with E-state index in [0.717, 1.165) is 22.3 Å². The number of hydrogen-bond acceptors (Lipinski definition) is 2. The molecule has 0 bridgehead atoms. The minimum absolute atomic E-state index is 0.697. The van der Waals surface area contributed by atoms with E-state index in [-0.39, 0.29) is 0 Å². The van der Waals surface area contributed by atoms with Crippen molar-refractivity contribution in [3.8, 4) is 16.9 Å². The molecule has 0 aromatic heterocycles. The first-order valence-electron chi connectivity index (χ1n) is 6.95. The fourth-order valence-corrected chi connectivity index (χ4v) is 2.88. The smallest absolute Gasteiger partial charge is 0.262 e. The van der Waals surface area contributed by atoms with Crippen molar-refractivity contribution in [1.82, 2.24) is 0 Å². The van der Waals surface area contributed by atoms with E-state index in [4.69, 9.17) is 4.74 Å². The molecular formula is C19H14O2. The molecule has 0 saturated heterocycles. The molecule has 1 aliphatic heterocycles. The number of hydrogen-bond donors (Lipinski definition) is 1. The minimum atomic E-state index is -1.45. The van der Waals surface area contributed by atoms with Crippen molar-refractivity contribution in [3.05, 3.63) is 90.0 Å². The maximum atomic E-state index is 11.2. The fourth-order valence-electron chi connectivity index (χ4n) is 2.88. The number of para-hydroxylation sites is 1. The predicted molar refractivity (Wildman–Crippen MR) is 81.9 cm³/mol. The van der Waals surface area contributed by atoms with Crippen LogP contribution in [0.25, 0.3) is 11.1 Å². The Hall–Kier alpha value is -2.58. The first kappa shape index (κ1) is 12.2. The highest BCUT2D eigenvalue weighted by Gasteiger charge is 2.40. The standard InChI is InChI=1S/C19H14O2/c20-19(14-8-2-1-3-9-14)17-12-6-4-10-15(17)16-11-5-7-13-18(16)21-19/h1-13,20H. The Bertz CT molecular complexity index is 795. The molecular weight excluding hydrogens is 260 g/mol. The predicted octanol–water partition coefficient (Wildman–Crippen LogP) is 3.94. The van der Waals surface area contributed by atoms with E-state index in [2.05, 4.69) is 0 Å². The highest BCUT2D eigenvalue weighted by atomic mass is 16.6. The summed E-state index contributed by atoms with van der Waals surface area (Å²) >= 11 is 0. The summed E-state index contributed by atoms with van der Waals surface area (Å²) < 4.78 is 5.99. The van der Waals surface area contributed by atoms with Crippen LogP contribution in [0.5, 0.6) is 5.75 Å². The van der Waals surface area contributed by atoms with E-state index >= 15 is 0 Å². The van der Waals surface area contributed by atoms with E-state index in [1.165, 1.54) is 0 Å². The molecule has 1 atom stereocenters. The molecule has 1 N–H and O–H groups in total. The summed E-state index contributed by atoms with van der Waals surface area (Å²) in [7, 11) is 0. The molecule has 4 rings (SSSR count). The van der Waals surface area contributed by atoms with Gasteiger partial charge in [0.25, 0.3) is 5.79 Å². The van der Waals surface area contributed by atoms with Gasteiger partial charge in [-0.1, -0.05) is 72.8 Å². The van der Waals surface area contributed by atoms with E-state index < -0.39 is 5.79 Å². The monoisotopic (exact) mass is 274 g/mol. The van der Waals surface area contributed by atoms with Crippen molar-refractivity contribution in [2.45, 2.75) is 5.79 Å². The number of rotatable bonds is 1. The maximum Gasteiger partial charge on any atom is 0.262 e. The van der Waals surface area contributed by atoms with Crippen LogP contribution in [0.1, 0.15) is 11.1 Å². The highest BCUT2D eigenvalue weighted by molar-refractivity contribution is 5.77. The number of ether oxygens (including phenoxy) is 1. The fraction of sp³-hybridized carbons (Fsp3) is 0.0526. The molecule has 1 heterocycles. The van der Waals surface area contributed by atoms with E-state index in [9.17, 15) is 5.11 Å². The highest BCUT2D eigenvalue weighted by Crippen LogP contribution is 2.46. The van der Waals surface area contributed by atoms with Gasteiger partial charge < -0.3 is 9.84 Å². The molecule has 1 aliphatic rings. The van der Waals surface area contributed by atoms with Crippen LogP contribution in [-0.2, 0) is 5.79 Å². The minimum Gasteiger partial charge on any atom is -0.453 e. The molecule has 1 unspecified atom stereocenters. The zero-order valence-electron chi connectivity index (χ0n) is 11.4. The molecule has 3 aromatic carbocycles. The average molecular weight is 274 g/mol. The van der Waals surface area contributed by atoms with Crippen LogP contribution in [0.15, 0.2) is 78.9 Å². The lowest BCUT2D eigenvalue weighted by Crippen LogP contribution is -2.37. The molecule has 21 heavy (non-hydrogen) atoms. The average Bonchev–Trinajstić information content (AvgIpc) is 2.56. The number of benzene rings is 3. The van der Waals surface area contributed by atoms with Gasteiger partial charge >= 0.3 is 0 Å². The molecule has 0 spiro atoms. The third-order valence-corrected chi connectivity index (χ3v) is 3.89. The van der Waals surface area contributed by atoms with Gasteiger partial charge in [-0.25, -0.2) is 0 Å². The zero-order valence-corrected chi connectivity index (χ0v) is 11.4. The molecule has 3 aromatic rings. The molecule has 2 nitrogen and oxygen atoms in total. The topological polar surface area (TPSA) is 29.5 Å². The Morgan fingerprint density at radius 2 is 1.29 bits per heavy atom. The summed E-state index contributed by atoms with van der Waals surface area (Å²) in [5.74, 6) is -0.755. The van der Waals surface area contributed by atoms with Crippen molar-refractivity contribution >= 4 is 0 Å². The molecule has 0 saturated carbocycles. The largest absolute Gasteiger partial charge is 0.453 e. The van der Waals surface area contributed by atoms with E-state index in [0.29, 0.717) is 5.75 Å². The van der Waals surface area contributed by atoms with Crippen molar-refractivity contribution in [2.24, 2.45) is 0 Å². The van der Waals surface area contributed by atoms with Gasteiger partial charge in [0, 0.05) is 16.7 Å². The second kappa shape index (κ2) is 4.47. The van der Waals surface area contributed by atoms with Gasteiger partial charge in [0.05, 0.1) is 0 Å². The van der Waals surface area contributed by atoms with Crippen LogP contribution in [0.4, 0.5) is 0 Å². The van der Waals surface area contributed by atoms with Crippen LogP contribution in [-0.4, -0.2) is 5.11 Å². The summed E-state index contributed by atoms with van der Waals surface area (Å²) in [6.45, 7) is 0. The normalized spacial score (nSPS) is 19.3. The number of aliphatic hydroxyl groups is 1. The van der Waals surface area contributed by atoms with E-state index in [1.807, 2.05) is 78.9 Å². The van der Waals surface area contributed by atoms with Crippen LogP contribution < -0.4 is 4.74 Å². The lowest BCUT2D eigenvalue weighted by atomic mass is 9.87. The second-order valence-electron chi connectivity index (χ2n) is 5.15. The Morgan fingerprint density at radius 3 is 2.10 bits per heavy atom. The van der Waals surface area contributed by atoms with Gasteiger partial charge in [0.15, 0.2) is 0 Å². The van der Waals surface area contributed by atoms with Crippen LogP contribution >= 0.6 is 0 Å². The second-order valence-corrected chi connectivity index (χ2v) is 5.15. The Balaban J connectivity index is 2.01. The Kier molecular flexibility index (Phi) is 2.59. The maximum absolute atomic E-state index is 11.2. The molecule has 0 fully saturated rings. The third-order valence-electron chi connectivity index (χ3n) is 3.89. The molecule has 0 amide bonds. The van der Waals surface area contributed by atoms with Gasteiger partial charge in [-0.15, -0.1) is 0 Å². The van der Waals surface area contributed by atoms with Gasteiger partial charge in [-0.05, 0) is 11.6 Å². The van der Waals surface area contributed by atoms with Crippen molar-refractivity contribution in [1.29, 1.82) is 0 Å². The third kappa shape index (κ3) is 1.77. The van der Waals surface area contributed by atoms with Crippen LogP contribution in [0.3, 0.4) is 0 Å². The first-order chi connectivity index (χ1) is 10.3. The zero-order chi connectivity index (χ0) is 14.3. The molecule has 0 radical (unpaired) electrons. The summed E-state index contributed by atoms with van der Waals surface area (Å²) in [5.41, 5.74) is 3.52. The quantitative estimate of drug-likeness (QED) is 0.728. The van der Waals surface area contributed by atoms with Crippen molar-refractivity contribution in [2.75, 3.05) is 0 Å². The van der Waals surface area contributed by atoms with Crippen LogP contribution in [0.2, 0.25) is 0 Å². The molecule has 2 heteroatoms. The number of fused-ring (bicyclic) bond motifs is 3. The molecule has 102 valence electrons. The molecule has 0 aliphatic carbocycles. The van der Waals surface area contributed by atoms with Gasteiger partial charge in [-0.2, -0.15) is 0 Å². The van der Waals surface area contributed by atoms with Gasteiger partial charge in [0.1, 0.15) is 5.75 Å². The van der Waals surface area contributed by atoms with Crippen molar-refractivity contribution < 1.29 is 9.84 Å². The van der Waals surface area contributed by atoms with Gasteiger partial charge in [0.2, 0.25) is 0 Å². The summed E-state index contributed by atoms with van der Waals surface area (Å²) in [5, 5.41) is 11.2. The Labute approximate surface area is 123 Å². The first-order valence-corrected chi connectivity index (χ1v) is 6.95. The van der Waals surface area contributed by atoms with Gasteiger partial charge in [-0.3, -0.25) is 0 Å². The summed E-state index contributed by atoms with van der Waals surface area (Å²) in [6.07, 6.45) is 0. The Morgan fingerprint density at radius 1 is 0.667 bits per heavy atom. The lowest BCUT2D eigenvalue weighted by molar-refractivity contribution is -0.110. The van der Waals surface area contributed by atoms with E-state index in [1.54, 1.807) is 0 Å². The van der Waals surface area contributed by atoms with Crippen LogP contribution in [0, 0.1) is 0 Å². The summed E-state index contributed by atoms with van der Waals surface area (Å²) in [4.78, 5) is 0.